The van der Waals surface area contributed by atoms with E-state index in [1.807, 2.05) is 6.07 Å². The number of hydrogen-bond acceptors (Lipinski definition) is 2. The number of benzene rings is 2. The van der Waals surface area contributed by atoms with Gasteiger partial charge < -0.3 is 15.4 Å². The van der Waals surface area contributed by atoms with Gasteiger partial charge in [0.15, 0.2) is 5.96 Å². The summed E-state index contributed by atoms with van der Waals surface area (Å²) >= 11 is 0. The maximum atomic E-state index is 13.4. The molecule has 0 saturated carbocycles. The zero-order chi connectivity index (χ0) is 19.1. The van der Waals surface area contributed by atoms with Crippen LogP contribution in [-0.2, 0) is 16.7 Å². The Morgan fingerprint density at radius 3 is 2.46 bits per heavy atom. The Labute approximate surface area is 184 Å². The topological polar surface area (TPSA) is 45.7 Å². The van der Waals surface area contributed by atoms with Crippen LogP contribution in [0.15, 0.2) is 53.5 Å². The molecule has 28 heavy (non-hydrogen) atoms. The normalized spacial score (nSPS) is 16.2. The fourth-order valence-electron chi connectivity index (χ4n) is 3.60. The van der Waals surface area contributed by atoms with Crippen LogP contribution in [0, 0.1) is 12.7 Å². The highest BCUT2D eigenvalue weighted by atomic mass is 127. The first-order chi connectivity index (χ1) is 13.1. The average Bonchev–Trinajstić information content (AvgIpc) is 2.72. The van der Waals surface area contributed by atoms with Gasteiger partial charge in [0.25, 0.3) is 0 Å². The predicted octanol–water partition coefficient (Wildman–Crippen LogP) is 4.17. The fraction of sp³-hybridized carbons (Fsp3) is 0.409. The zero-order valence-corrected chi connectivity index (χ0v) is 18.8. The van der Waals surface area contributed by atoms with Crippen molar-refractivity contribution >= 4 is 29.9 Å². The van der Waals surface area contributed by atoms with Gasteiger partial charge >= 0.3 is 0 Å². The van der Waals surface area contributed by atoms with E-state index in [-0.39, 0.29) is 35.2 Å². The van der Waals surface area contributed by atoms with Crippen LogP contribution in [0.2, 0.25) is 0 Å². The van der Waals surface area contributed by atoms with Gasteiger partial charge in [-0.2, -0.15) is 0 Å². The lowest BCUT2D eigenvalue weighted by Gasteiger charge is -2.38. The molecule has 1 aliphatic rings. The highest BCUT2D eigenvalue weighted by Gasteiger charge is 2.34. The summed E-state index contributed by atoms with van der Waals surface area (Å²) in [5.41, 5.74) is 3.07. The van der Waals surface area contributed by atoms with Crippen molar-refractivity contribution in [3.05, 3.63) is 71.0 Å². The Kier molecular flexibility index (Phi) is 8.69. The number of nitrogens with one attached hydrogen (secondary N) is 2. The maximum Gasteiger partial charge on any atom is 0.191 e. The number of aliphatic imine (C=N–C) groups is 1. The summed E-state index contributed by atoms with van der Waals surface area (Å²) in [4.78, 5) is 4.34. The van der Waals surface area contributed by atoms with Crippen molar-refractivity contribution in [1.82, 2.24) is 10.6 Å². The lowest BCUT2D eigenvalue weighted by Crippen LogP contribution is -2.47. The maximum absolute atomic E-state index is 13.4. The van der Waals surface area contributed by atoms with Crippen molar-refractivity contribution in [1.29, 1.82) is 0 Å². The van der Waals surface area contributed by atoms with Gasteiger partial charge in [-0.15, -0.1) is 24.0 Å². The first-order valence-electron chi connectivity index (χ1n) is 9.46. The molecule has 2 aromatic rings. The number of nitrogens with zero attached hydrogens (tertiary/aromatic N) is 1. The van der Waals surface area contributed by atoms with Crippen molar-refractivity contribution in [2.75, 3.05) is 26.8 Å². The molecule has 152 valence electrons. The number of rotatable bonds is 5. The summed E-state index contributed by atoms with van der Waals surface area (Å²) in [5.74, 6) is 0.573. The van der Waals surface area contributed by atoms with Gasteiger partial charge in [0.05, 0.1) is 0 Å². The minimum atomic E-state index is -0.175. The molecule has 0 radical (unpaired) electrons. The summed E-state index contributed by atoms with van der Waals surface area (Å²) in [6.07, 6.45) is 1.97. The van der Waals surface area contributed by atoms with E-state index < -0.39 is 0 Å². The van der Waals surface area contributed by atoms with Crippen LogP contribution in [-0.4, -0.2) is 32.8 Å². The minimum absolute atomic E-state index is 0. The molecule has 1 aliphatic heterocycles. The summed E-state index contributed by atoms with van der Waals surface area (Å²) in [7, 11) is 1.77. The van der Waals surface area contributed by atoms with Crippen molar-refractivity contribution in [3.8, 4) is 0 Å². The number of aryl methyl sites for hydroxylation is 1. The zero-order valence-electron chi connectivity index (χ0n) is 16.5. The molecule has 2 aromatic carbocycles. The molecule has 0 aliphatic carbocycles. The quantitative estimate of drug-likeness (QED) is 0.371. The van der Waals surface area contributed by atoms with Gasteiger partial charge in [-0.3, -0.25) is 4.99 Å². The Hall–Kier alpha value is -1.67. The third-order valence-corrected chi connectivity index (χ3v) is 5.34. The number of halogens is 2. The fourth-order valence-corrected chi connectivity index (χ4v) is 3.60. The van der Waals surface area contributed by atoms with E-state index in [9.17, 15) is 4.39 Å². The van der Waals surface area contributed by atoms with E-state index in [1.165, 1.54) is 11.6 Å². The van der Waals surface area contributed by atoms with E-state index in [0.29, 0.717) is 12.1 Å². The molecule has 0 amide bonds. The number of ether oxygens (including phenoxy) is 1. The van der Waals surface area contributed by atoms with Gasteiger partial charge in [0.1, 0.15) is 5.82 Å². The monoisotopic (exact) mass is 497 g/mol. The molecule has 6 heteroatoms. The largest absolute Gasteiger partial charge is 0.381 e. The van der Waals surface area contributed by atoms with Crippen LogP contribution in [0.25, 0.3) is 0 Å². The van der Waals surface area contributed by atoms with Crippen molar-refractivity contribution in [3.63, 3.8) is 0 Å². The average molecular weight is 497 g/mol. The Bertz CT molecular complexity index is 777. The Balaban J connectivity index is 0.00000280. The van der Waals surface area contributed by atoms with Gasteiger partial charge in [0.2, 0.25) is 0 Å². The van der Waals surface area contributed by atoms with E-state index >= 15 is 0 Å². The van der Waals surface area contributed by atoms with Crippen LogP contribution >= 0.6 is 24.0 Å². The third kappa shape index (κ3) is 5.67. The van der Waals surface area contributed by atoms with E-state index in [0.717, 1.165) is 44.1 Å². The van der Waals surface area contributed by atoms with Gasteiger partial charge in [-0.05, 0) is 42.5 Å². The molecule has 1 heterocycles. The minimum Gasteiger partial charge on any atom is -0.381 e. The van der Waals surface area contributed by atoms with Crippen LogP contribution < -0.4 is 10.6 Å². The summed E-state index contributed by atoms with van der Waals surface area (Å²) in [5, 5.41) is 6.81. The Morgan fingerprint density at radius 2 is 1.82 bits per heavy atom. The van der Waals surface area contributed by atoms with E-state index in [2.05, 4.69) is 46.0 Å². The van der Waals surface area contributed by atoms with E-state index in [4.69, 9.17) is 4.74 Å². The van der Waals surface area contributed by atoms with Crippen molar-refractivity contribution in [2.45, 2.75) is 31.7 Å². The molecule has 0 bridgehead atoms. The molecule has 3 rings (SSSR count). The molecular weight excluding hydrogens is 468 g/mol. The third-order valence-electron chi connectivity index (χ3n) is 5.34. The second kappa shape index (κ2) is 10.8. The Morgan fingerprint density at radius 1 is 1.11 bits per heavy atom. The molecule has 1 saturated heterocycles. The first-order valence-corrected chi connectivity index (χ1v) is 9.46. The molecule has 0 atom stereocenters. The molecule has 0 aromatic heterocycles. The van der Waals surface area contributed by atoms with Crippen molar-refractivity contribution in [2.24, 2.45) is 4.99 Å². The summed E-state index contributed by atoms with van der Waals surface area (Å²) in [6, 6.07) is 15.8. The molecule has 4 nitrogen and oxygen atoms in total. The second-order valence-corrected chi connectivity index (χ2v) is 7.12. The molecule has 0 spiro atoms. The summed E-state index contributed by atoms with van der Waals surface area (Å²) < 4.78 is 19.0. The van der Waals surface area contributed by atoms with Crippen molar-refractivity contribution < 1.29 is 9.13 Å². The molecular formula is C22H29FIN3O. The van der Waals surface area contributed by atoms with Crippen LogP contribution in [0.1, 0.15) is 29.5 Å². The number of guanidine groups is 1. The predicted molar refractivity (Wildman–Crippen MR) is 123 cm³/mol. The molecule has 2 N–H and O–H groups in total. The number of hydrogen-bond donors (Lipinski definition) is 2. The molecule has 1 fully saturated rings. The van der Waals surface area contributed by atoms with Gasteiger partial charge in [-0.25, -0.2) is 4.39 Å². The SMILES string of the molecule is CN=C(NCc1ccc(F)c(C)c1)NCC1(c2ccccc2)CCOCC1.I. The van der Waals surface area contributed by atoms with E-state index in [1.54, 1.807) is 20.0 Å². The van der Waals surface area contributed by atoms with Crippen LogP contribution in [0.3, 0.4) is 0 Å². The standard InChI is InChI=1S/C22H28FN3O.HI/c1-17-14-18(8-9-20(17)23)15-25-21(24-2)26-16-22(10-12-27-13-11-22)19-6-4-3-5-7-19;/h3-9,14H,10-13,15-16H2,1-2H3,(H2,24,25,26);1H. The molecule has 0 unspecified atom stereocenters. The second-order valence-electron chi connectivity index (χ2n) is 7.12. The summed E-state index contributed by atoms with van der Waals surface area (Å²) in [6.45, 7) is 4.72. The first kappa shape index (κ1) is 22.6. The lowest BCUT2D eigenvalue weighted by molar-refractivity contribution is 0.0514. The highest BCUT2D eigenvalue weighted by Crippen LogP contribution is 2.34. The van der Waals surface area contributed by atoms with Gasteiger partial charge in [0, 0.05) is 38.8 Å². The smallest absolute Gasteiger partial charge is 0.191 e. The van der Waals surface area contributed by atoms with Crippen LogP contribution in [0.4, 0.5) is 4.39 Å². The lowest BCUT2D eigenvalue weighted by atomic mass is 9.74. The highest BCUT2D eigenvalue weighted by molar-refractivity contribution is 14.0. The van der Waals surface area contributed by atoms with Crippen LogP contribution in [0.5, 0.6) is 0 Å². The van der Waals surface area contributed by atoms with Gasteiger partial charge in [-0.1, -0.05) is 42.5 Å².